The number of benzene rings is 1. The van der Waals surface area contributed by atoms with Crippen molar-refractivity contribution >= 4 is 22.6 Å². The van der Waals surface area contributed by atoms with Gasteiger partial charge < -0.3 is 10.1 Å². The zero-order valence-corrected chi connectivity index (χ0v) is 12.3. The van der Waals surface area contributed by atoms with Crippen LogP contribution in [0.25, 0.3) is 0 Å². The number of methoxy groups -OCH3 is 1. The lowest BCUT2D eigenvalue weighted by molar-refractivity contribution is 0.112. The van der Waals surface area contributed by atoms with Crippen LogP contribution in [0.4, 0.5) is 5.00 Å². The Labute approximate surface area is 122 Å². The largest absolute Gasteiger partial charge is 0.497 e. The summed E-state index contributed by atoms with van der Waals surface area (Å²) in [4.78, 5) is 12.7. The highest BCUT2D eigenvalue weighted by Crippen LogP contribution is 2.38. The van der Waals surface area contributed by atoms with E-state index < -0.39 is 0 Å². The van der Waals surface area contributed by atoms with E-state index in [0.717, 1.165) is 41.0 Å². The first kappa shape index (κ1) is 13.2. The average molecular weight is 287 g/mol. The fraction of sp³-hybridized carbons (Fsp3) is 0.312. The predicted octanol–water partition coefficient (Wildman–Crippen LogP) is 3.67. The highest BCUT2D eigenvalue weighted by atomic mass is 32.1. The quantitative estimate of drug-likeness (QED) is 0.853. The molecule has 0 saturated carbocycles. The third-order valence-electron chi connectivity index (χ3n) is 3.67. The molecule has 2 aromatic rings. The highest BCUT2D eigenvalue weighted by Gasteiger charge is 2.21. The molecule has 0 aliphatic heterocycles. The van der Waals surface area contributed by atoms with Gasteiger partial charge in [-0.25, -0.2) is 0 Å². The number of carbonyl (C=O) groups is 1. The molecule has 1 heterocycles. The topological polar surface area (TPSA) is 38.3 Å². The summed E-state index contributed by atoms with van der Waals surface area (Å²) in [7, 11) is 1.67. The molecule has 0 atom stereocenters. The summed E-state index contributed by atoms with van der Waals surface area (Å²) in [5.74, 6) is 0.855. The van der Waals surface area contributed by atoms with E-state index >= 15 is 0 Å². The first-order chi connectivity index (χ1) is 9.81. The minimum Gasteiger partial charge on any atom is -0.497 e. The van der Waals surface area contributed by atoms with Gasteiger partial charge in [-0.2, -0.15) is 0 Å². The molecule has 0 unspecified atom stereocenters. The maximum Gasteiger partial charge on any atom is 0.153 e. The van der Waals surface area contributed by atoms with E-state index in [2.05, 4.69) is 11.4 Å². The molecular weight excluding hydrogens is 270 g/mol. The summed E-state index contributed by atoms with van der Waals surface area (Å²) in [6.07, 6.45) is 4.33. The smallest absolute Gasteiger partial charge is 0.153 e. The van der Waals surface area contributed by atoms with Gasteiger partial charge in [0, 0.05) is 11.4 Å². The Hall–Kier alpha value is -1.81. The predicted molar refractivity (Wildman–Crippen MR) is 82.1 cm³/mol. The normalized spacial score (nSPS) is 13.1. The molecule has 104 valence electrons. The number of hydrogen-bond acceptors (Lipinski definition) is 4. The fourth-order valence-electron chi connectivity index (χ4n) is 2.65. The van der Waals surface area contributed by atoms with Crippen molar-refractivity contribution in [3.8, 4) is 5.75 Å². The first-order valence-corrected chi connectivity index (χ1v) is 7.60. The number of nitrogens with one attached hydrogen (secondary N) is 1. The number of aldehydes is 1. The van der Waals surface area contributed by atoms with Crippen molar-refractivity contribution < 1.29 is 9.53 Å². The lowest BCUT2D eigenvalue weighted by Gasteiger charge is -2.07. The second kappa shape index (κ2) is 5.67. The summed E-state index contributed by atoms with van der Waals surface area (Å²) in [6.45, 7) is 0.706. The van der Waals surface area contributed by atoms with Crippen LogP contribution >= 0.6 is 11.3 Å². The third-order valence-corrected chi connectivity index (χ3v) is 4.93. The van der Waals surface area contributed by atoms with Crippen LogP contribution in [-0.4, -0.2) is 13.4 Å². The maximum atomic E-state index is 11.3. The first-order valence-electron chi connectivity index (χ1n) is 6.78. The molecule has 0 radical (unpaired) electrons. The Morgan fingerprint density at radius 3 is 3.10 bits per heavy atom. The van der Waals surface area contributed by atoms with Crippen LogP contribution in [0.2, 0.25) is 0 Å². The Morgan fingerprint density at radius 1 is 1.40 bits per heavy atom. The van der Waals surface area contributed by atoms with Gasteiger partial charge in [0.2, 0.25) is 0 Å². The van der Waals surface area contributed by atoms with Crippen molar-refractivity contribution in [3.05, 3.63) is 45.8 Å². The molecule has 1 aromatic carbocycles. The van der Waals surface area contributed by atoms with E-state index in [4.69, 9.17) is 4.74 Å². The number of carbonyl (C=O) groups excluding carboxylic acids is 1. The summed E-state index contributed by atoms with van der Waals surface area (Å²) in [6, 6.07) is 7.97. The van der Waals surface area contributed by atoms with E-state index in [-0.39, 0.29) is 0 Å². The van der Waals surface area contributed by atoms with Gasteiger partial charge in [0.05, 0.1) is 17.7 Å². The zero-order chi connectivity index (χ0) is 13.9. The van der Waals surface area contributed by atoms with Crippen molar-refractivity contribution in [2.45, 2.75) is 25.8 Å². The molecule has 0 amide bonds. The SMILES string of the molecule is COc1cccc(CNc2sc3c(c2C=O)CCC3)c1. The Morgan fingerprint density at radius 2 is 2.30 bits per heavy atom. The van der Waals surface area contributed by atoms with E-state index in [9.17, 15) is 4.79 Å². The number of thiophene rings is 1. The molecule has 0 bridgehead atoms. The monoisotopic (exact) mass is 287 g/mol. The number of ether oxygens (including phenoxy) is 1. The van der Waals surface area contributed by atoms with E-state index in [1.165, 1.54) is 16.9 Å². The number of hydrogen-bond donors (Lipinski definition) is 1. The van der Waals surface area contributed by atoms with Crippen molar-refractivity contribution in [2.24, 2.45) is 0 Å². The van der Waals surface area contributed by atoms with Crippen LogP contribution < -0.4 is 10.1 Å². The number of anilines is 1. The second-order valence-corrected chi connectivity index (χ2v) is 6.03. The summed E-state index contributed by atoms with van der Waals surface area (Å²) >= 11 is 1.73. The van der Waals surface area contributed by atoms with Crippen molar-refractivity contribution in [2.75, 3.05) is 12.4 Å². The summed E-state index contributed by atoms with van der Waals surface area (Å²) < 4.78 is 5.22. The van der Waals surface area contributed by atoms with Gasteiger partial charge in [-0.3, -0.25) is 4.79 Å². The highest BCUT2D eigenvalue weighted by molar-refractivity contribution is 7.16. The van der Waals surface area contributed by atoms with Gasteiger partial charge in [0.25, 0.3) is 0 Å². The molecule has 20 heavy (non-hydrogen) atoms. The Bertz CT molecular complexity index is 633. The molecule has 1 aromatic heterocycles. The zero-order valence-electron chi connectivity index (χ0n) is 11.4. The van der Waals surface area contributed by atoms with Crippen molar-refractivity contribution in [3.63, 3.8) is 0 Å². The number of aryl methyl sites for hydroxylation is 1. The summed E-state index contributed by atoms with van der Waals surface area (Å²) in [5, 5.41) is 4.40. The van der Waals surface area contributed by atoms with Crippen molar-refractivity contribution in [1.29, 1.82) is 0 Å². The standard InChI is InChI=1S/C16H17NO2S/c1-19-12-5-2-4-11(8-12)9-17-16-14(10-18)13-6-3-7-15(13)20-16/h2,4-5,8,10,17H,3,6-7,9H2,1H3. The maximum absolute atomic E-state index is 11.3. The third kappa shape index (κ3) is 2.43. The van der Waals surface area contributed by atoms with Gasteiger partial charge in [-0.15, -0.1) is 11.3 Å². The van der Waals surface area contributed by atoms with Gasteiger partial charge in [-0.1, -0.05) is 12.1 Å². The number of rotatable bonds is 5. The van der Waals surface area contributed by atoms with Crippen LogP contribution in [0.15, 0.2) is 24.3 Å². The Kier molecular flexibility index (Phi) is 3.74. The van der Waals surface area contributed by atoms with E-state index in [1.54, 1.807) is 18.4 Å². The minimum atomic E-state index is 0.706. The van der Waals surface area contributed by atoms with Gasteiger partial charge in [0.15, 0.2) is 6.29 Å². The van der Waals surface area contributed by atoms with Gasteiger partial charge in [0.1, 0.15) is 5.75 Å². The van der Waals surface area contributed by atoms with Crippen molar-refractivity contribution in [1.82, 2.24) is 0 Å². The average Bonchev–Trinajstić information content (AvgIpc) is 3.05. The molecule has 1 aliphatic carbocycles. The molecular formula is C16H17NO2S. The van der Waals surface area contributed by atoms with Crippen LogP contribution in [0, 0.1) is 0 Å². The minimum absolute atomic E-state index is 0.706. The molecule has 1 aliphatic rings. The molecule has 0 spiro atoms. The van der Waals surface area contributed by atoms with E-state index in [0.29, 0.717) is 6.54 Å². The van der Waals surface area contributed by atoms with Gasteiger partial charge >= 0.3 is 0 Å². The summed E-state index contributed by atoms with van der Waals surface area (Å²) in [5.41, 5.74) is 3.28. The molecule has 3 rings (SSSR count). The molecule has 1 N–H and O–H groups in total. The van der Waals surface area contributed by atoms with Crippen LogP contribution in [0.1, 0.15) is 32.8 Å². The van der Waals surface area contributed by atoms with E-state index in [1.807, 2.05) is 18.2 Å². The number of fused-ring (bicyclic) bond motifs is 1. The van der Waals surface area contributed by atoms with Crippen LogP contribution in [0.5, 0.6) is 5.75 Å². The lowest BCUT2D eigenvalue weighted by Crippen LogP contribution is -2.00. The molecule has 0 fully saturated rings. The molecule has 4 heteroatoms. The van der Waals surface area contributed by atoms with Gasteiger partial charge in [-0.05, 0) is 42.5 Å². The second-order valence-electron chi connectivity index (χ2n) is 4.92. The van der Waals surface area contributed by atoms with Crippen LogP contribution in [-0.2, 0) is 19.4 Å². The Balaban J connectivity index is 1.77. The molecule has 3 nitrogen and oxygen atoms in total. The van der Waals surface area contributed by atoms with Crippen LogP contribution in [0.3, 0.4) is 0 Å². The fourth-order valence-corrected chi connectivity index (χ4v) is 3.90. The molecule has 0 saturated heterocycles. The lowest BCUT2D eigenvalue weighted by atomic mass is 10.1.